The van der Waals surface area contributed by atoms with Crippen molar-refractivity contribution in [2.45, 2.75) is 40.0 Å². The van der Waals surface area contributed by atoms with E-state index in [1.807, 2.05) is 0 Å². The lowest BCUT2D eigenvalue weighted by atomic mass is 10.2. The first-order valence-corrected chi connectivity index (χ1v) is 6.57. The van der Waals surface area contributed by atoms with Crippen LogP contribution in [0.4, 0.5) is 0 Å². The first-order chi connectivity index (χ1) is 7.13. The maximum absolute atomic E-state index is 5.42. The number of nitrogens with one attached hydrogen (secondary N) is 1. The van der Waals surface area contributed by atoms with E-state index in [0.717, 1.165) is 30.7 Å². The molecule has 1 fully saturated rings. The fourth-order valence-corrected chi connectivity index (χ4v) is 1.81. The van der Waals surface area contributed by atoms with Crippen molar-refractivity contribution in [3.8, 4) is 0 Å². The summed E-state index contributed by atoms with van der Waals surface area (Å²) in [6, 6.07) is 0. The second-order valence-corrected chi connectivity index (χ2v) is 5.36. The van der Waals surface area contributed by atoms with E-state index < -0.39 is 0 Å². The minimum absolute atomic E-state index is 0.660. The SMILES string of the molecule is CCCN(CC1CC1)C(=S)NCC(C)C. The van der Waals surface area contributed by atoms with Crippen molar-refractivity contribution >= 4 is 17.3 Å². The Hall–Kier alpha value is -0.310. The van der Waals surface area contributed by atoms with Crippen LogP contribution in [0.2, 0.25) is 0 Å². The third-order valence-electron chi connectivity index (χ3n) is 2.62. The van der Waals surface area contributed by atoms with Crippen molar-refractivity contribution in [1.82, 2.24) is 10.2 Å². The van der Waals surface area contributed by atoms with Crippen LogP contribution in [0.1, 0.15) is 40.0 Å². The highest BCUT2D eigenvalue weighted by Gasteiger charge is 2.24. The third-order valence-corrected chi connectivity index (χ3v) is 3.02. The molecule has 0 spiro atoms. The Kier molecular flexibility index (Phi) is 5.37. The first kappa shape index (κ1) is 12.8. The van der Waals surface area contributed by atoms with E-state index in [4.69, 9.17) is 12.2 Å². The standard InChI is InChI=1S/C12H24N2S/c1-4-7-14(9-11-5-6-11)12(15)13-8-10(2)3/h10-11H,4-9H2,1-3H3,(H,13,15). The Morgan fingerprint density at radius 1 is 1.47 bits per heavy atom. The van der Waals surface area contributed by atoms with Crippen LogP contribution in [0.15, 0.2) is 0 Å². The molecular formula is C12H24N2S. The summed E-state index contributed by atoms with van der Waals surface area (Å²) >= 11 is 5.42. The highest BCUT2D eigenvalue weighted by molar-refractivity contribution is 7.80. The molecule has 0 radical (unpaired) electrons. The molecule has 0 atom stereocenters. The van der Waals surface area contributed by atoms with Crippen molar-refractivity contribution in [2.24, 2.45) is 11.8 Å². The van der Waals surface area contributed by atoms with Crippen molar-refractivity contribution in [2.75, 3.05) is 19.6 Å². The smallest absolute Gasteiger partial charge is 0.168 e. The summed E-state index contributed by atoms with van der Waals surface area (Å²) in [6.45, 7) is 9.88. The number of rotatable bonds is 6. The highest BCUT2D eigenvalue weighted by Crippen LogP contribution is 2.29. The topological polar surface area (TPSA) is 15.3 Å². The maximum atomic E-state index is 5.42. The van der Waals surface area contributed by atoms with E-state index in [0.29, 0.717) is 5.92 Å². The Morgan fingerprint density at radius 3 is 2.60 bits per heavy atom. The summed E-state index contributed by atoms with van der Waals surface area (Å²) in [4.78, 5) is 2.34. The molecule has 0 heterocycles. The normalized spacial score (nSPS) is 15.5. The van der Waals surface area contributed by atoms with Gasteiger partial charge in [-0.1, -0.05) is 20.8 Å². The summed E-state index contributed by atoms with van der Waals surface area (Å²) in [5.74, 6) is 1.57. The minimum Gasteiger partial charge on any atom is -0.362 e. The van der Waals surface area contributed by atoms with Gasteiger partial charge in [0.1, 0.15) is 0 Å². The molecule has 1 aliphatic carbocycles. The molecule has 0 aromatic rings. The van der Waals surface area contributed by atoms with Crippen molar-refractivity contribution in [1.29, 1.82) is 0 Å². The Morgan fingerprint density at radius 2 is 2.13 bits per heavy atom. The van der Waals surface area contributed by atoms with Gasteiger partial charge in [-0.3, -0.25) is 0 Å². The second-order valence-electron chi connectivity index (χ2n) is 4.97. The van der Waals surface area contributed by atoms with Gasteiger partial charge in [-0.15, -0.1) is 0 Å². The molecule has 0 aromatic carbocycles. The van der Waals surface area contributed by atoms with E-state index in [2.05, 4.69) is 31.0 Å². The fraction of sp³-hybridized carbons (Fsp3) is 0.917. The summed E-state index contributed by atoms with van der Waals surface area (Å²) < 4.78 is 0. The second kappa shape index (κ2) is 6.31. The maximum Gasteiger partial charge on any atom is 0.168 e. The first-order valence-electron chi connectivity index (χ1n) is 6.16. The average molecular weight is 228 g/mol. The Balaban J connectivity index is 2.28. The van der Waals surface area contributed by atoms with E-state index in [1.54, 1.807) is 0 Å². The predicted molar refractivity (Wildman–Crippen MR) is 70.0 cm³/mol. The van der Waals surface area contributed by atoms with Gasteiger partial charge in [0.15, 0.2) is 5.11 Å². The molecule has 0 amide bonds. The fourth-order valence-electron chi connectivity index (χ4n) is 1.56. The molecule has 1 aliphatic rings. The molecule has 2 nitrogen and oxygen atoms in total. The summed E-state index contributed by atoms with van der Waals surface area (Å²) in [5.41, 5.74) is 0. The lowest BCUT2D eigenvalue weighted by Gasteiger charge is -2.26. The predicted octanol–water partition coefficient (Wildman–Crippen LogP) is 2.64. The lowest BCUT2D eigenvalue weighted by molar-refractivity contribution is 0.390. The largest absolute Gasteiger partial charge is 0.362 e. The average Bonchev–Trinajstić information content (AvgIpc) is 2.97. The molecule has 1 N–H and O–H groups in total. The van der Waals surface area contributed by atoms with Crippen molar-refractivity contribution < 1.29 is 0 Å². The molecule has 0 saturated heterocycles. The van der Waals surface area contributed by atoms with Crippen LogP contribution in [0, 0.1) is 11.8 Å². The molecular weight excluding hydrogens is 204 g/mol. The van der Waals surface area contributed by atoms with Crippen LogP contribution in [-0.2, 0) is 0 Å². The zero-order valence-corrected chi connectivity index (χ0v) is 11.1. The van der Waals surface area contributed by atoms with Gasteiger partial charge >= 0.3 is 0 Å². The Labute approximate surface area is 99.4 Å². The summed E-state index contributed by atoms with van der Waals surface area (Å²) in [7, 11) is 0. The van der Waals surface area contributed by atoms with Gasteiger partial charge < -0.3 is 10.2 Å². The molecule has 0 unspecified atom stereocenters. The molecule has 3 heteroatoms. The number of hydrogen-bond donors (Lipinski definition) is 1. The van der Waals surface area contributed by atoms with Crippen LogP contribution in [0.25, 0.3) is 0 Å². The molecule has 0 bridgehead atoms. The van der Waals surface area contributed by atoms with Gasteiger partial charge in [0.2, 0.25) is 0 Å². The van der Waals surface area contributed by atoms with Gasteiger partial charge in [0.25, 0.3) is 0 Å². The van der Waals surface area contributed by atoms with Gasteiger partial charge in [-0.05, 0) is 43.3 Å². The monoisotopic (exact) mass is 228 g/mol. The van der Waals surface area contributed by atoms with Crippen molar-refractivity contribution in [3.05, 3.63) is 0 Å². The zero-order valence-electron chi connectivity index (χ0n) is 10.3. The molecule has 1 rings (SSSR count). The molecule has 0 aliphatic heterocycles. The van der Waals surface area contributed by atoms with Gasteiger partial charge in [-0.2, -0.15) is 0 Å². The summed E-state index contributed by atoms with van der Waals surface area (Å²) in [6.07, 6.45) is 3.97. The lowest BCUT2D eigenvalue weighted by Crippen LogP contribution is -2.42. The molecule has 0 aromatic heterocycles. The van der Waals surface area contributed by atoms with Gasteiger partial charge in [0.05, 0.1) is 0 Å². The van der Waals surface area contributed by atoms with E-state index >= 15 is 0 Å². The van der Waals surface area contributed by atoms with Crippen LogP contribution in [-0.4, -0.2) is 29.6 Å². The molecule has 1 saturated carbocycles. The molecule has 88 valence electrons. The number of thiocarbonyl (C=S) groups is 1. The number of hydrogen-bond acceptors (Lipinski definition) is 1. The van der Waals surface area contributed by atoms with Crippen LogP contribution >= 0.6 is 12.2 Å². The molecule has 15 heavy (non-hydrogen) atoms. The van der Waals surface area contributed by atoms with Crippen LogP contribution < -0.4 is 5.32 Å². The Bertz CT molecular complexity index is 200. The van der Waals surface area contributed by atoms with Gasteiger partial charge in [0, 0.05) is 19.6 Å². The number of nitrogens with zero attached hydrogens (tertiary/aromatic N) is 1. The van der Waals surface area contributed by atoms with E-state index in [-0.39, 0.29) is 0 Å². The third kappa shape index (κ3) is 5.36. The zero-order chi connectivity index (χ0) is 11.3. The van der Waals surface area contributed by atoms with Gasteiger partial charge in [-0.25, -0.2) is 0 Å². The summed E-state index contributed by atoms with van der Waals surface area (Å²) in [5, 5.41) is 4.31. The highest BCUT2D eigenvalue weighted by atomic mass is 32.1. The quantitative estimate of drug-likeness (QED) is 0.704. The van der Waals surface area contributed by atoms with Crippen LogP contribution in [0.5, 0.6) is 0 Å². The van der Waals surface area contributed by atoms with Crippen molar-refractivity contribution in [3.63, 3.8) is 0 Å². The van der Waals surface area contributed by atoms with Crippen LogP contribution in [0.3, 0.4) is 0 Å². The van der Waals surface area contributed by atoms with E-state index in [9.17, 15) is 0 Å². The minimum atomic E-state index is 0.660. The van der Waals surface area contributed by atoms with E-state index in [1.165, 1.54) is 19.3 Å².